The highest BCUT2D eigenvalue weighted by molar-refractivity contribution is 6.05. The molecular weight excluding hydrogens is 168 g/mol. The summed E-state index contributed by atoms with van der Waals surface area (Å²) in [6.07, 6.45) is 2.10. The number of carbonyl (C=O) groups excluding carboxylic acids is 2. The molecule has 0 spiro atoms. The van der Waals surface area contributed by atoms with Gasteiger partial charge < -0.3 is 10.2 Å². The Hall–Kier alpha value is -0.900. The molecule has 2 aliphatic rings. The molecule has 0 aromatic heterocycles. The Bertz CT molecular complexity index is 234. The molecule has 1 amide bonds. The Balaban J connectivity index is 1.99. The zero-order chi connectivity index (χ0) is 9.26. The van der Waals surface area contributed by atoms with Gasteiger partial charge in [0.1, 0.15) is 0 Å². The van der Waals surface area contributed by atoms with E-state index in [0.717, 1.165) is 25.9 Å². The number of likely N-dealkylation sites (tertiary alicyclic amines) is 1. The van der Waals surface area contributed by atoms with Crippen LogP contribution in [0.15, 0.2) is 0 Å². The third-order valence-electron chi connectivity index (χ3n) is 2.76. The number of piperidine rings is 1. The molecule has 72 valence electrons. The summed E-state index contributed by atoms with van der Waals surface area (Å²) in [5.74, 6) is 0.0976. The fraction of sp³-hybridized carbons (Fsp3) is 0.778. The van der Waals surface area contributed by atoms with Crippen LogP contribution in [0.3, 0.4) is 0 Å². The molecule has 2 fully saturated rings. The van der Waals surface area contributed by atoms with Gasteiger partial charge in [-0.2, -0.15) is 0 Å². The number of rotatable bonds is 1. The average molecular weight is 182 g/mol. The van der Waals surface area contributed by atoms with Crippen molar-refractivity contribution in [3.05, 3.63) is 0 Å². The van der Waals surface area contributed by atoms with E-state index in [1.54, 1.807) is 4.90 Å². The number of hydrogen-bond donors (Lipinski definition) is 1. The molecule has 1 N–H and O–H groups in total. The first-order valence-electron chi connectivity index (χ1n) is 4.79. The van der Waals surface area contributed by atoms with Crippen LogP contribution in [0.25, 0.3) is 0 Å². The lowest BCUT2D eigenvalue weighted by Gasteiger charge is -2.30. The van der Waals surface area contributed by atoms with Crippen molar-refractivity contribution in [3.63, 3.8) is 0 Å². The Morgan fingerprint density at radius 2 is 1.92 bits per heavy atom. The van der Waals surface area contributed by atoms with E-state index in [0.29, 0.717) is 12.6 Å². The van der Waals surface area contributed by atoms with Crippen molar-refractivity contribution in [2.24, 2.45) is 0 Å². The van der Waals surface area contributed by atoms with E-state index >= 15 is 0 Å². The second-order valence-corrected chi connectivity index (χ2v) is 3.72. The average Bonchev–Trinajstić information content (AvgIpc) is 2.47. The van der Waals surface area contributed by atoms with Crippen LogP contribution in [-0.4, -0.2) is 42.3 Å². The highest BCUT2D eigenvalue weighted by Crippen LogP contribution is 2.17. The summed E-state index contributed by atoms with van der Waals surface area (Å²) in [6, 6.07) is 0.306. The van der Waals surface area contributed by atoms with E-state index in [1.807, 2.05) is 0 Å². The quantitative estimate of drug-likeness (QED) is 0.558. The van der Waals surface area contributed by atoms with E-state index in [-0.39, 0.29) is 18.1 Å². The number of carbonyl (C=O) groups is 2. The second kappa shape index (κ2) is 3.46. The Kier molecular flexibility index (Phi) is 2.31. The summed E-state index contributed by atoms with van der Waals surface area (Å²) in [7, 11) is 0. The minimum absolute atomic E-state index is 0.0249. The summed E-state index contributed by atoms with van der Waals surface area (Å²) in [5, 5.41) is 3.24. The van der Waals surface area contributed by atoms with Crippen LogP contribution in [0.2, 0.25) is 0 Å². The highest BCUT2D eigenvalue weighted by atomic mass is 16.2. The van der Waals surface area contributed by atoms with Crippen LogP contribution in [0.5, 0.6) is 0 Å². The minimum atomic E-state index is 0.0249. The van der Waals surface area contributed by atoms with Crippen molar-refractivity contribution in [2.45, 2.75) is 25.3 Å². The lowest BCUT2D eigenvalue weighted by molar-refractivity contribution is -0.130. The molecular formula is C9H14N2O2. The summed E-state index contributed by atoms with van der Waals surface area (Å²) >= 11 is 0. The van der Waals surface area contributed by atoms with Gasteiger partial charge in [-0.05, 0) is 25.9 Å². The first-order chi connectivity index (χ1) is 6.27. The Morgan fingerprint density at radius 1 is 1.23 bits per heavy atom. The number of amides is 1. The first kappa shape index (κ1) is 8.69. The Labute approximate surface area is 77.3 Å². The smallest absolute Gasteiger partial charge is 0.230 e. The van der Waals surface area contributed by atoms with E-state index in [2.05, 4.69) is 5.32 Å². The van der Waals surface area contributed by atoms with Crippen molar-refractivity contribution in [1.29, 1.82) is 0 Å². The fourth-order valence-corrected chi connectivity index (χ4v) is 2.06. The van der Waals surface area contributed by atoms with E-state index in [9.17, 15) is 9.59 Å². The number of hydrogen-bond acceptors (Lipinski definition) is 3. The molecule has 4 nitrogen and oxygen atoms in total. The third kappa shape index (κ3) is 1.72. The number of nitrogens with one attached hydrogen (secondary N) is 1. The largest absolute Gasteiger partial charge is 0.332 e. The standard InChI is InChI=1S/C9H14N2O2/c12-8-5-9(13)11(6-8)7-1-3-10-4-2-7/h7,10H,1-6H2. The molecule has 0 unspecified atom stereocenters. The summed E-state index contributed by atoms with van der Waals surface area (Å²) in [6.45, 7) is 2.27. The predicted molar refractivity (Wildman–Crippen MR) is 47.2 cm³/mol. The normalized spacial score (nSPS) is 25.7. The molecule has 0 aromatic carbocycles. The van der Waals surface area contributed by atoms with Gasteiger partial charge in [-0.25, -0.2) is 0 Å². The third-order valence-corrected chi connectivity index (χ3v) is 2.76. The number of Topliss-reactive ketones (excluding diaryl/α,β-unsaturated/α-hetero) is 1. The van der Waals surface area contributed by atoms with Crippen molar-refractivity contribution in [2.75, 3.05) is 19.6 Å². The molecule has 2 aliphatic heterocycles. The van der Waals surface area contributed by atoms with Crippen molar-refractivity contribution < 1.29 is 9.59 Å². The Morgan fingerprint density at radius 3 is 2.46 bits per heavy atom. The van der Waals surface area contributed by atoms with Gasteiger partial charge in [-0.1, -0.05) is 0 Å². The molecule has 0 saturated carbocycles. The number of ketones is 1. The fourth-order valence-electron chi connectivity index (χ4n) is 2.06. The molecule has 2 heterocycles. The molecule has 0 aliphatic carbocycles. The maximum Gasteiger partial charge on any atom is 0.230 e. The van der Waals surface area contributed by atoms with Crippen molar-refractivity contribution in [3.8, 4) is 0 Å². The first-order valence-corrected chi connectivity index (χ1v) is 4.79. The van der Waals surface area contributed by atoms with Crippen LogP contribution in [0.1, 0.15) is 19.3 Å². The maximum atomic E-state index is 11.4. The number of nitrogens with zero attached hydrogens (tertiary/aromatic N) is 1. The van der Waals surface area contributed by atoms with Gasteiger partial charge in [-0.15, -0.1) is 0 Å². The molecule has 0 radical (unpaired) electrons. The van der Waals surface area contributed by atoms with Gasteiger partial charge in [0.25, 0.3) is 0 Å². The van der Waals surface area contributed by atoms with Gasteiger partial charge in [0, 0.05) is 6.04 Å². The maximum absolute atomic E-state index is 11.4. The van der Waals surface area contributed by atoms with Crippen molar-refractivity contribution >= 4 is 11.7 Å². The van der Waals surface area contributed by atoms with Gasteiger partial charge in [0.15, 0.2) is 5.78 Å². The van der Waals surface area contributed by atoms with E-state index < -0.39 is 0 Å². The second-order valence-electron chi connectivity index (χ2n) is 3.72. The summed E-state index contributed by atoms with van der Waals surface area (Å²) in [5.41, 5.74) is 0. The molecule has 2 rings (SSSR count). The molecule has 0 atom stereocenters. The lowest BCUT2D eigenvalue weighted by atomic mass is 10.1. The van der Waals surface area contributed by atoms with Gasteiger partial charge in [-0.3, -0.25) is 9.59 Å². The SMILES string of the molecule is O=C1CC(=O)N(C2CCNCC2)C1. The van der Waals surface area contributed by atoms with Gasteiger partial charge >= 0.3 is 0 Å². The van der Waals surface area contributed by atoms with Crippen LogP contribution in [-0.2, 0) is 9.59 Å². The van der Waals surface area contributed by atoms with Crippen LogP contribution in [0.4, 0.5) is 0 Å². The molecule has 0 aromatic rings. The van der Waals surface area contributed by atoms with E-state index in [4.69, 9.17) is 0 Å². The van der Waals surface area contributed by atoms with Crippen LogP contribution in [0, 0.1) is 0 Å². The molecule has 2 saturated heterocycles. The predicted octanol–water partition coefficient (Wildman–Crippen LogP) is -0.460. The zero-order valence-corrected chi connectivity index (χ0v) is 7.58. The minimum Gasteiger partial charge on any atom is -0.332 e. The zero-order valence-electron chi connectivity index (χ0n) is 7.58. The van der Waals surface area contributed by atoms with Crippen molar-refractivity contribution in [1.82, 2.24) is 10.2 Å². The lowest BCUT2D eigenvalue weighted by Crippen LogP contribution is -2.43. The molecule has 4 heteroatoms. The van der Waals surface area contributed by atoms with Crippen LogP contribution >= 0.6 is 0 Å². The monoisotopic (exact) mass is 182 g/mol. The van der Waals surface area contributed by atoms with E-state index in [1.165, 1.54) is 0 Å². The van der Waals surface area contributed by atoms with Gasteiger partial charge in [0.05, 0.1) is 13.0 Å². The summed E-state index contributed by atoms with van der Waals surface area (Å²) < 4.78 is 0. The highest BCUT2D eigenvalue weighted by Gasteiger charge is 2.33. The van der Waals surface area contributed by atoms with Gasteiger partial charge in [0.2, 0.25) is 5.91 Å². The molecule has 0 bridgehead atoms. The topological polar surface area (TPSA) is 49.4 Å². The summed E-state index contributed by atoms with van der Waals surface area (Å²) in [4.78, 5) is 24.2. The van der Waals surface area contributed by atoms with Crippen LogP contribution < -0.4 is 5.32 Å². The molecule has 13 heavy (non-hydrogen) atoms.